The highest BCUT2D eigenvalue weighted by Gasteiger charge is 2.16. The predicted octanol–water partition coefficient (Wildman–Crippen LogP) is 3.58. The summed E-state index contributed by atoms with van der Waals surface area (Å²) in [5.41, 5.74) is 6.56. The molecule has 2 aromatic heterocycles. The third kappa shape index (κ3) is 4.35. The first-order valence-corrected chi connectivity index (χ1v) is 9.57. The Bertz CT molecular complexity index is 944. The van der Waals surface area contributed by atoms with Gasteiger partial charge in [-0.2, -0.15) is 5.10 Å². The minimum atomic E-state index is 0.102. The number of nitrogens with one attached hydrogen (secondary N) is 1. The number of fused-ring (bicyclic) bond motifs is 1. The van der Waals surface area contributed by atoms with Crippen molar-refractivity contribution in [3.8, 4) is 0 Å². The van der Waals surface area contributed by atoms with Gasteiger partial charge in [-0.05, 0) is 56.7 Å². The normalized spacial score (nSPS) is 11.1. The molecule has 0 saturated heterocycles. The average Bonchev–Trinajstić information content (AvgIpc) is 2.93. The summed E-state index contributed by atoms with van der Waals surface area (Å²) in [4.78, 5) is 16.9. The number of aryl methyl sites for hydroxylation is 5. The first-order chi connectivity index (χ1) is 13.0. The lowest BCUT2D eigenvalue weighted by atomic mass is 9.99. The van der Waals surface area contributed by atoms with Crippen LogP contribution in [0.4, 0.5) is 0 Å². The van der Waals surface area contributed by atoms with Gasteiger partial charge in [0.2, 0.25) is 5.91 Å². The van der Waals surface area contributed by atoms with Crippen LogP contribution in [0, 0.1) is 20.8 Å². The molecule has 2 heterocycles. The van der Waals surface area contributed by atoms with Crippen molar-refractivity contribution in [1.29, 1.82) is 0 Å². The van der Waals surface area contributed by atoms with Gasteiger partial charge in [-0.3, -0.25) is 9.48 Å². The van der Waals surface area contributed by atoms with E-state index >= 15 is 0 Å². The SMILES string of the molecule is Cc1nc2c(c(C)nn2C)c(C)c1CCC(=O)NCCCc1ccccc1. The maximum atomic E-state index is 12.2. The molecule has 0 spiro atoms. The Balaban J connectivity index is 1.55. The van der Waals surface area contributed by atoms with Gasteiger partial charge < -0.3 is 5.32 Å². The summed E-state index contributed by atoms with van der Waals surface area (Å²) >= 11 is 0. The zero-order chi connectivity index (χ0) is 19.4. The number of aromatic nitrogens is 3. The number of carbonyl (C=O) groups is 1. The van der Waals surface area contributed by atoms with Gasteiger partial charge >= 0.3 is 0 Å². The Morgan fingerprint density at radius 3 is 2.56 bits per heavy atom. The van der Waals surface area contributed by atoms with E-state index in [1.54, 1.807) is 0 Å². The number of benzene rings is 1. The fraction of sp³-hybridized carbons (Fsp3) is 0.409. The van der Waals surface area contributed by atoms with Crippen LogP contribution >= 0.6 is 0 Å². The fourth-order valence-corrected chi connectivity index (χ4v) is 3.72. The highest BCUT2D eigenvalue weighted by molar-refractivity contribution is 5.84. The van der Waals surface area contributed by atoms with Gasteiger partial charge in [-0.25, -0.2) is 4.98 Å². The van der Waals surface area contributed by atoms with Crippen molar-refractivity contribution >= 4 is 16.9 Å². The molecule has 0 bridgehead atoms. The van der Waals surface area contributed by atoms with Crippen LogP contribution in [0.25, 0.3) is 11.0 Å². The van der Waals surface area contributed by atoms with E-state index in [4.69, 9.17) is 4.98 Å². The van der Waals surface area contributed by atoms with E-state index in [0.717, 1.165) is 40.8 Å². The molecule has 5 nitrogen and oxygen atoms in total. The molecular weight excluding hydrogens is 336 g/mol. The van der Waals surface area contributed by atoms with Crippen molar-refractivity contribution in [2.45, 2.75) is 46.5 Å². The highest BCUT2D eigenvalue weighted by Crippen LogP contribution is 2.25. The van der Waals surface area contributed by atoms with Crippen LogP contribution in [0.15, 0.2) is 30.3 Å². The quantitative estimate of drug-likeness (QED) is 0.652. The molecule has 142 valence electrons. The number of pyridine rings is 1. The van der Waals surface area contributed by atoms with Crippen molar-refractivity contribution < 1.29 is 4.79 Å². The summed E-state index contributed by atoms with van der Waals surface area (Å²) in [5, 5.41) is 8.63. The lowest BCUT2D eigenvalue weighted by Crippen LogP contribution is -2.25. The topological polar surface area (TPSA) is 59.8 Å². The molecule has 1 N–H and O–H groups in total. The molecule has 3 rings (SSSR count). The van der Waals surface area contributed by atoms with Crippen LogP contribution in [-0.2, 0) is 24.7 Å². The first-order valence-electron chi connectivity index (χ1n) is 9.57. The smallest absolute Gasteiger partial charge is 0.220 e. The first kappa shape index (κ1) is 19.1. The molecule has 0 aliphatic carbocycles. The van der Waals surface area contributed by atoms with Crippen molar-refractivity contribution in [3.05, 3.63) is 58.4 Å². The third-order valence-corrected chi connectivity index (χ3v) is 5.14. The molecule has 1 amide bonds. The lowest BCUT2D eigenvalue weighted by Gasteiger charge is -2.11. The van der Waals surface area contributed by atoms with Crippen molar-refractivity contribution in [2.24, 2.45) is 7.05 Å². The number of amides is 1. The number of carbonyl (C=O) groups excluding carboxylic acids is 1. The number of hydrogen-bond acceptors (Lipinski definition) is 3. The van der Waals surface area contributed by atoms with Crippen LogP contribution in [-0.4, -0.2) is 27.2 Å². The maximum Gasteiger partial charge on any atom is 0.220 e. The van der Waals surface area contributed by atoms with Gasteiger partial charge in [0.1, 0.15) is 0 Å². The molecule has 3 aromatic rings. The molecule has 0 saturated carbocycles. The third-order valence-electron chi connectivity index (χ3n) is 5.14. The number of nitrogens with zero attached hydrogens (tertiary/aromatic N) is 3. The highest BCUT2D eigenvalue weighted by atomic mass is 16.1. The van der Waals surface area contributed by atoms with E-state index < -0.39 is 0 Å². The second-order valence-corrected chi connectivity index (χ2v) is 7.15. The van der Waals surface area contributed by atoms with Gasteiger partial charge in [0, 0.05) is 31.1 Å². The van der Waals surface area contributed by atoms with E-state index in [9.17, 15) is 4.79 Å². The monoisotopic (exact) mass is 364 g/mol. The Hall–Kier alpha value is -2.69. The second kappa shape index (κ2) is 8.33. The Morgan fingerprint density at radius 2 is 1.81 bits per heavy atom. The Kier molecular flexibility index (Phi) is 5.89. The molecule has 0 fully saturated rings. The number of rotatable bonds is 7. The zero-order valence-corrected chi connectivity index (χ0v) is 16.7. The second-order valence-electron chi connectivity index (χ2n) is 7.15. The van der Waals surface area contributed by atoms with E-state index in [1.807, 2.05) is 43.8 Å². The Morgan fingerprint density at radius 1 is 1.07 bits per heavy atom. The summed E-state index contributed by atoms with van der Waals surface area (Å²) in [6, 6.07) is 10.4. The number of hydrogen-bond donors (Lipinski definition) is 1. The molecule has 27 heavy (non-hydrogen) atoms. The Labute approximate surface area is 160 Å². The van der Waals surface area contributed by atoms with Gasteiger partial charge in [-0.1, -0.05) is 30.3 Å². The van der Waals surface area contributed by atoms with Crippen molar-refractivity contribution in [2.75, 3.05) is 6.54 Å². The van der Waals surface area contributed by atoms with E-state index in [1.165, 1.54) is 11.1 Å². The molecule has 0 radical (unpaired) electrons. The van der Waals surface area contributed by atoms with E-state index in [0.29, 0.717) is 19.4 Å². The zero-order valence-electron chi connectivity index (χ0n) is 16.7. The molecule has 1 aromatic carbocycles. The largest absolute Gasteiger partial charge is 0.356 e. The van der Waals surface area contributed by atoms with Crippen LogP contribution in [0.2, 0.25) is 0 Å². The molecular formula is C22H28N4O. The van der Waals surface area contributed by atoms with Crippen LogP contribution < -0.4 is 5.32 Å². The van der Waals surface area contributed by atoms with Crippen molar-refractivity contribution in [1.82, 2.24) is 20.1 Å². The summed E-state index contributed by atoms with van der Waals surface area (Å²) < 4.78 is 1.83. The van der Waals surface area contributed by atoms with Gasteiger partial charge in [0.15, 0.2) is 5.65 Å². The molecule has 0 unspecified atom stereocenters. The minimum Gasteiger partial charge on any atom is -0.356 e. The summed E-state index contributed by atoms with van der Waals surface area (Å²) in [6.07, 6.45) is 3.13. The fourth-order valence-electron chi connectivity index (χ4n) is 3.72. The summed E-state index contributed by atoms with van der Waals surface area (Å²) in [6.45, 7) is 6.85. The van der Waals surface area contributed by atoms with Crippen LogP contribution in [0.5, 0.6) is 0 Å². The lowest BCUT2D eigenvalue weighted by molar-refractivity contribution is -0.121. The summed E-state index contributed by atoms with van der Waals surface area (Å²) in [5.74, 6) is 0.102. The van der Waals surface area contributed by atoms with E-state index in [2.05, 4.69) is 29.5 Å². The standard InChI is InChI=1S/C22H28N4O/c1-15-19(16(2)24-22-21(15)17(3)25-26(22)4)12-13-20(27)23-14-8-11-18-9-6-5-7-10-18/h5-7,9-10H,8,11-14H2,1-4H3,(H,23,27). The molecule has 0 aliphatic rings. The predicted molar refractivity (Wildman–Crippen MR) is 109 cm³/mol. The minimum absolute atomic E-state index is 0.102. The molecule has 0 atom stereocenters. The van der Waals surface area contributed by atoms with Gasteiger partial charge in [-0.15, -0.1) is 0 Å². The van der Waals surface area contributed by atoms with E-state index in [-0.39, 0.29) is 5.91 Å². The molecule has 5 heteroatoms. The summed E-state index contributed by atoms with van der Waals surface area (Å²) in [7, 11) is 1.92. The van der Waals surface area contributed by atoms with Crippen LogP contribution in [0.1, 0.15) is 40.9 Å². The van der Waals surface area contributed by atoms with Crippen molar-refractivity contribution in [3.63, 3.8) is 0 Å². The van der Waals surface area contributed by atoms with Crippen LogP contribution in [0.3, 0.4) is 0 Å². The average molecular weight is 364 g/mol. The van der Waals surface area contributed by atoms with Gasteiger partial charge in [0.05, 0.1) is 5.69 Å². The molecule has 0 aliphatic heterocycles. The van der Waals surface area contributed by atoms with Gasteiger partial charge in [0.25, 0.3) is 0 Å². The maximum absolute atomic E-state index is 12.2.